The molecule has 0 saturated heterocycles. The minimum atomic E-state index is -0.250. The minimum absolute atomic E-state index is 0.116. The van der Waals surface area contributed by atoms with Crippen molar-refractivity contribution in [3.05, 3.63) is 105 Å². The van der Waals surface area contributed by atoms with Crippen LogP contribution in [0.25, 0.3) is 11.3 Å². The van der Waals surface area contributed by atoms with Crippen molar-refractivity contribution in [3.63, 3.8) is 0 Å². The van der Waals surface area contributed by atoms with Crippen LogP contribution in [0.2, 0.25) is 0 Å². The lowest BCUT2D eigenvalue weighted by molar-refractivity contribution is -0.130. The maximum Gasteiger partial charge on any atom is 0.253 e. The van der Waals surface area contributed by atoms with Crippen LogP contribution < -0.4 is 5.56 Å². The number of aromatic nitrogens is 2. The van der Waals surface area contributed by atoms with Gasteiger partial charge in [-0.15, -0.1) is 11.3 Å². The van der Waals surface area contributed by atoms with Gasteiger partial charge >= 0.3 is 0 Å². The molecule has 3 heterocycles. The number of nitrogens with one attached hydrogen (secondary N) is 1. The maximum absolute atomic E-state index is 13.3. The number of aromatic amines is 1. The first kappa shape index (κ1) is 22.3. The lowest BCUT2D eigenvalue weighted by Crippen LogP contribution is -2.28. The Labute approximate surface area is 205 Å². The molecular weight excluding hydrogens is 464 g/mol. The molecule has 1 atom stereocenters. The van der Waals surface area contributed by atoms with E-state index < -0.39 is 0 Å². The summed E-state index contributed by atoms with van der Waals surface area (Å²) in [6.07, 6.45) is 0.665. The van der Waals surface area contributed by atoms with Gasteiger partial charge in [0, 0.05) is 18.1 Å². The van der Waals surface area contributed by atoms with Gasteiger partial charge in [0.2, 0.25) is 0 Å². The molecule has 0 saturated carbocycles. The van der Waals surface area contributed by atoms with Crippen LogP contribution in [0.1, 0.15) is 28.5 Å². The lowest BCUT2D eigenvalue weighted by Gasteiger charge is -2.22. The predicted molar refractivity (Wildman–Crippen MR) is 137 cm³/mol. The van der Waals surface area contributed by atoms with Crippen LogP contribution in [0, 0.1) is 6.92 Å². The van der Waals surface area contributed by atoms with Gasteiger partial charge in [0.15, 0.2) is 5.16 Å². The Bertz CT molecular complexity index is 1380. The highest BCUT2D eigenvalue weighted by atomic mass is 32.2. The van der Waals surface area contributed by atoms with Gasteiger partial charge in [0.25, 0.3) is 11.5 Å². The molecule has 2 aromatic carbocycles. The SMILES string of the molecule is Cc1ccc(C2CC(c3cccs3)=NN2C(=O)CSc2nc(-c3ccccc3)cc(=O)[nH]2)cc1. The zero-order valence-corrected chi connectivity index (χ0v) is 20.1. The van der Waals surface area contributed by atoms with E-state index in [1.807, 2.05) is 54.8 Å². The monoisotopic (exact) mass is 486 g/mol. The summed E-state index contributed by atoms with van der Waals surface area (Å²) in [7, 11) is 0. The minimum Gasteiger partial charge on any atom is -0.301 e. The summed E-state index contributed by atoms with van der Waals surface area (Å²) in [4.78, 5) is 33.9. The molecule has 0 fully saturated rings. The van der Waals surface area contributed by atoms with Crippen LogP contribution >= 0.6 is 23.1 Å². The average molecular weight is 487 g/mol. The normalized spacial score (nSPS) is 15.4. The molecule has 0 spiro atoms. The zero-order valence-electron chi connectivity index (χ0n) is 18.5. The second-order valence-corrected chi connectivity index (χ2v) is 9.90. The Kier molecular flexibility index (Phi) is 6.42. The number of H-pyrrole nitrogens is 1. The third-order valence-corrected chi connectivity index (χ3v) is 7.33. The van der Waals surface area contributed by atoms with Gasteiger partial charge in [0.1, 0.15) is 0 Å². The van der Waals surface area contributed by atoms with E-state index in [0.717, 1.165) is 21.7 Å². The van der Waals surface area contributed by atoms with Crippen LogP contribution in [0.4, 0.5) is 0 Å². The van der Waals surface area contributed by atoms with E-state index in [-0.39, 0.29) is 23.3 Å². The Morgan fingerprint density at radius 2 is 1.91 bits per heavy atom. The first-order valence-corrected chi connectivity index (χ1v) is 12.7. The van der Waals surface area contributed by atoms with Crippen LogP contribution in [0.3, 0.4) is 0 Å². The van der Waals surface area contributed by atoms with E-state index in [1.165, 1.54) is 23.4 Å². The van der Waals surface area contributed by atoms with E-state index in [1.54, 1.807) is 16.3 Å². The van der Waals surface area contributed by atoms with Crippen molar-refractivity contribution < 1.29 is 4.79 Å². The van der Waals surface area contributed by atoms with Crippen LogP contribution in [-0.4, -0.2) is 32.3 Å². The molecule has 1 aliphatic rings. The number of rotatable bonds is 6. The largest absolute Gasteiger partial charge is 0.301 e. The summed E-state index contributed by atoms with van der Waals surface area (Å²) >= 11 is 2.83. The van der Waals surface area contributed by atoms with Crippen molar-refractivity contribution in [1.82, 2.24) is 15.0 Å². The molecule has 5 rings (SSSR count). The predicted octanol–water partition coefficient (Wildman–Crippen LogP) is 5.28. The van der Waals surface area contributed by atoms with Crippen molar-refractivity contribution in [2.24, 2.45) is 5.10 Å². The molecule has 1 amide bonds. The summed E-state index contributed by atoms with van der Waals surface area (Å²) in [5.41, 5.74) is 4.32. The number of hydrogen-bond acceptors (Lipinski definition) is 6. The fraction of sp³-hybridized carbons (Fsp3) is 0.154. The number of carbonyl (C=O) groups excluding carboxylic acids is 1. The van der Waals surface area contributed by atoms with E-state index in [0.29, 0.717) is 17.3 Å². The molecular formula is C26H22N4O2S2. The van der Waals surface area contributed by atoms with Crippen molar-refractivity contribution in [2.45, 2.75) is 24.5 Å². The molecule has 170 valence electrons. The number of thiophene rings is 1. The second kappa shape index (κ2) is 9.79. The van der Waals surface area contributed by atoms with Gasteiger partial charge in [-0.1, -0.05) is 78.0 Å². The van der Waals surface area contributed by atoms with E-state index in [2.05, 4.69) is 34.2 Å². The molecule has 34 heavy (non-hydrogen) atoms. The molecule has 2 aromatic heterocycles. The van der Waals surface area contributed by atoms with Crippen LogP contribution in [-0.2, 0) is 4.79 Å². The number of nitrogens with zero attached hydrogens (tertiary/aromatic N) is 3. The summed E-state index contributed by atoms with van der Waals surface area (Å²) in [6.45, 7) is 2.04. The molecule has 8 heteroatoms. The number of hydrazone groups is 1. The van der Waals surface area contributed by atoms with Crippen LogP contribution in [0.5, 0.6) is 0 Å². The molecule has 0 aliphatic carbocycles. The molecule has 1 aliphatic heterocycles. The van der Waals surface area contributed by atoms with Gasteiger partial charge in [-0.2, -0.15) is 5.10 Å². The number of thioether (sulfide) groups is 1. The Morgan fingerprint density at radius 1 is 1.12 bits per heavy atom. The highest BCUT2D eigenvalue weighted by molar-refractivity contribution is 7.99. The van der Waals surface area contributed by atoms with Crippen molar-refractivity contribution >= 4 is 34.7 Å². The smallest absolute Gasteiger partial charge is 0.253 e. The first-order valence-electron chi connectivity index (χ1n) is 10.9. The first-order chi connectivity index (χ1) is 16.6. The maximum atomic E-state index is 13.3. The zero-order chi connectivity index (χ0) is 23.5. The lowest BCUT2D eigenvalue weighted by atomic mass is 10.00. The standard InChI is InChI=1S/C26H22N4O2S2/c1-17-9-11-19(12-10-17)22-14-21(23-8-5-13-33-23)29-30(22)25(32)16-34-26-27-20(15-24(31)28-26)18-6-3-2-4-7-18/h2-13,15,22H,14,16H2,1H3,(H,27,28,31). The number of carbonyl (C=O) groups is 1. The Balaban J connectivity index is 1.37. The third kappa shape index (κ3) is 4.88. The molecule has 1 unspecified atom stereocenters. The topological polar surface area (TPSA) is 78.4 Å². The van der Waals surface area contributed by atoms with Crippen LogP contribution in [0.15, 0.2) is 93.2 Å². The molecule has 4 aromatic rings. The van der Waals surface area contributed by atoms with E-state index in [9.17, 15) is 9.59 Å². The molecule has 0 radical (unpaired) electrons. The fourth-order valence-electron chi connectivity index (χ4n) is 3.84. The summed E-state index contributed by atoms with van der Waals surface area (Å²) < 4.78 is 0. The highest BCUT2D eigenvalue weighted by Gasteiger charge is 2.33. The summed E-state index contributed by atoms with van der Waals surface area (Å²) in [6, 6.07) is 23.1. The molecule has 1 N–H and O–H groups in total. The third-order valence-electron chi connectivity index (χ3n) is 5.56. The van der Waals surface area contributed by atoms with Gasteiger partial charge < -0.3 is 4.98 Å². The summed E-state index contributed by atoms with van der Waals surface area (Å²) in [5, 5.41) is 8.73. The Hall–Kier alpha value is -3.49. The van der Waals surface area contributed by atoms with Gasteiger partial charge in [-0.05, 0) is 23.9 Å². The number of amides is 1. The van der Waals surface area contributed by atoms with E-state index >= 15 is 0 Å². The summed E-state index contributed by atoms with van der Waals surface area (Å²) in [5.74, 6) is -0.0139. The molecule has 0 bridgehead atoms. The van der Waals surface area contributed by atoms with Crippen molar-refractivity contribution in [2.75, 3.05) is 5.75 Å². The average Bonchev–Trinajstić information content (AvgIpc) is 3.54. The van der Waals surface area contributed by atoms with Crippen molar-refractivity contribution in [1.29, 1.82) is 0 Å². The van der Waals surface area contributed by atoms with Gasteiger partial charge in [-0.25, -0.2) is 9.99 Å². The highest BCUT2D eigenvalue weighted by Crippen LogP contribution is 2.34. The van der Waals surface area contributed by atoms with Gasteiger partial charge in [-0.3, -0.25) is 9.59 Å². The molecule has 6 nitrogen and oxygen atoms in total. The Morgan fingerprint density at radius 3 is 2.65 bits per heavy atom. The quantitative estimate of drug-likeness (QED) is 0.297. The van der Waals surface area contributed by atoms with E-state index in [4.69, 9.17) is 5.10 Å². The number of hydrogen-bond donors (Lipinski definition) is 1. The fourth-order valence-corrected chi connectivity index (χ4v) is 5.29. The second-order valence-electron chi connectivity index (χ2n) is 7.98. The van der Waals surface area contributed by atoms with Gasteiger partial charge in [0.05, 0.1) is 28.1 Å². The number of benzene rings is 2. The number of aryl methyl sites for hydroxylation is 1. The van der Waals surface area contributed by atoms with Crippen molar-refractivity contribution in [3.8, 4) is 11.3 Å².